The SMILES string of the molecule is Cc1c(OC(F)(F)F)c(C#N)cc2c1C(=NC#N)c1c-2cc(C#N)c(OC(F)(F)F)c1C#N. The molecule has 0 N–H and O–H groups in total. The van der Waals surface area contributed by atoms with Crippen molar-refractivity contribution in [2.45, 2.75) is 19.6 Å². The van der Waals surface area contributed by atoms with Crippen LogP contribution in [-0.4, -0.2) is 18.4 Å². The molecule has 2 aromatic carbocycles. The normalized spacial score (nSPS) is 13.2. The van der Waals surface area contributed by atoms with E-state index < -0.39 is 46.6 Å². The van der Waals surface area contributed by atoms with Crippen molar-refractivity contribution in [3.05, 3.63) is 45.5 Å². The van der Waals surface area contributed by atoms with Crippen LogP contribution in [0.2, 0.25) is 0 Å². The lowest BCUT2D eigenvalue weighted by Gasteiger charge is -2.16. The number of halogens is 6. The third-order valence-corrected chi connectivity index (χ3v) is 4.51. The lowest BCUT2D eigenvalue weighted by atomic mass is 9.96. The number of nitriles is 4. The second-order valence-corrected chi connectivity index (χ2v) is 6.34. The zero-order valence-corrected chi connectivity index (χ0v) is 16.0. The smallest absolute Gasteiger partial charge is 0.404 e. The molecule has 0 unspecified atom stereocenters. The van der Waals surface area contributed by atoms with Gasteiger partial charge in [-0.1, -0.05) is 0 Å². The van der Waals surface area contributed by atoms with Crippen LogP contribution in [0.15, 0.2) is 17.1 Å². The highest BCUT2D eigenvalue weighted by Crippen LogP contribution is 2.48. The quantitative estimate of drug-likeness (QED) is 0.402. The zero-order chi connectivity index (χ0) is 24.7. The van der Waals surface area contributed by atoms with Crippen molar-refractivity contribution in [1.29, 1.82) is 21.0 Å². The molecule has 0 fully saturated rings. The summed E-state index contributed by atoms with van der Waals surface area (Å²) in [5, 5.41) is 37.3. The van der Waals surface area contributed by atoms with E-state index in [-0.39, 0.29) is 27.8 Å². The van der Waals surface area contributed by atoms with Crippen LogP contribution in [-0.2, 0) is 0 Å². The Morgan fingerprint density at radius 2 is 1.24 bits per heavy atom. The molecule has 0 aromatic heterocycles. The molecule has 13 heteroatoms. The molecular formula is C20H5F6N5O2. The number of fused-ring (bicyclic) bond motifs is 3. The maximum Gasteiger partial charge on any atom is 0.573 e. The molecule has 0 saturated carbocycles. The van der Waals surface area contributed by atoms with E-state index in [9.17, 15) is 42.1 Å². The topological polar surface area (TPSA) is 126 Å². The van der Waals surface area contributed by atoms with Crippen molar-refractivity contribution in [2.75, 3.05) is 0 Å². The van der Waals surface area contributed by atoms with Crippen molar-refractivity contribution >= 4 is 5.71 Å². The number of aliphatic imine (C=N–C) groups is 1. The summed E-state index contributed by atoms with van der Waals surface area (Å²) in [4.78, 5) is 3.49. The zero-order valence-electron chi connectivity index (χ0n) is 16.0. The highest BCUT2D eigenvalue weighted by Gasteiger charge is 2.40. The van der Waals surface area contributed by atoms with Crippen LogP contribution >= 0.6 is 0 Å². The maximum absolute atomic E-state index is 12.9. The van der Waals surface area contributed by atoms with Crippen molar-refractivity contribution < 1.29 is 35.8 Å². The van der Waals surface area contributed by atoms with Crippen molar-refractivity contribution in [3.63, 3.8) is 0 Å². The fourth-order valence-corrected chi connectivity index (χ4v) is 3.47. The van der Waals surface area contributed by atoms with E-state index in [2.05, 4.69) is 14.5 Å². The van der Waals surface area contributed by atoms with Gasteiger partial charge in [-0.2, -0.15) is 26.0 Å². The second kappa shape index (κ2) is 7.74. The lowest BCUT2D eigenvalue weighted by Crippen LogP contribution is -2.20. The summed E-state index contributed by atoms with van der Waals surface area (Å²) in [6, 6.07) is 6.32. The summed E-state index contributed by atoms with van der Waals surface area (Å²) in [7, 11) is 0. The molecule has 33 heavy (non-hydrogen) atoms. The van der Waals surface area contributed by atoms with Crippen molar-refractivity contribution in [3.8, 4) is 47.0 Å². The number of hydrogen-bond acceptors (Lipinski definition) is 7. The third-order valence-electron chi connectivity index (χ3n) is 4.51. The van der Waals surface area contributed by atoms with Gasteiger partial charge in [0.1, 0.15) is 23.8 Å². The standard InChI is InChI=1S/C20H5F6N5O2/c1-8-14-11(2-9(4-27)17(8)32-19(21,22)23)12-3-10(5-28)18(33-20(24,25)26)13(6-29)15(12)16(14)31-7-30/h2-3H,1H3. The Morgan fingerprint density at radius 1 is 0.758 bits per heavy atom. The molecule has 0 heterocycles. The minimum Gasteiger partial charge on any atom is -0.404 e. The van der Waals surface area contributed by atoms with E-state index in [0.717, 1.165) is 19.1 Å². The van der Waals surface area contributed by atoms with Crippen LogP contribution in [0.5, 0.6) is 11.5 Å². The molecule has 2 aromatic rings. The molecule has 0 saturated heterocycles. The Morgan fingerprint density at radius 3 is 1.70 bits per heavy atom. The molecular weight excluding hydrogens is 456 g/mol. The molecule has 7 nitrogen and oxygen atoms in total. The highest BCUT2D eigenvalue weighted by atomic mass is 19.4. The lowest BCUT2D eigenvalue weighted by molar-refractivity contribution is -0.275. The van der Waals surface area contributed by atoms with Gasteiger partial charge in [-0.25, -0.2) is 0 Å². The molecule has 0 atom stereocenters. The van der Waals surface area contributed by atoms with E-state index in [1.807, 2.05) is 0 Å². The van der Waals surface area contributed by atoms with Gasteiger partial charge in [0.2, 0.25) is 6.19 Å². The van der Waals surface area contributed by atoms with E-state index in [4.69, 9.17) is 5.26 Å². The Balaban J connectivity index is 2.48. The highest BCUT2D eigenvalue weighted by molar-refractivity contribution is 6.27. The first-order chi connectivity index (χ1) is 15.4. The van der Waals surface area contributed by atoms with Gasteiger partial charge in [0.05, 0.1) is 16.8 Å². The molecule has 1 aliphatic carbocycles. The van der Waals surface area contributed by atoms with Gasteiger partial charge in [0, 0.05) is 16.7 Å². The van der Waals surface area contributed by atoms with Crippen LogP contribution in [0.1, 0.15) is 33.4 Å². The Labute approximate surface area is 180 Å². The first-order valence-corrected chi connectivity index (χ1v) is 8.45. The van der Waals surface area contributed by atoms with E-state index >= 15 is 0 Å². The summed E-state index contributed by atoms with van der Waals surface area (Å²) >= 11 is 0. The van der Waals surface area contributed by atoms with Crippen molar-refractivity contribution in [1.82, 2.24) is 0 Å². The maximum atomic E-state index is 12.9. The number of ether oxygens (including phenoxy) is 2. The predicted molar refractivity (Wildman–Crippen MR) is 95.4 cm³/mol. The fraction of sp³-hybridized carbons (Fsp3) is 0.150. The Kier molecular flexibility index (Phi) is 5.38. The number of benzene rings is 2. The fourth-order valence-electron chi connectivity index (χ4n) is 3.47. The van der Waals surface area contributed by atoms with Gasteiger partial charge >= 0.3 is 12.7 Å². The molecule has 0 amide bonds. The Hall–Kier alpha value is -4.75. The predicted octanol–water partition coefficient (Wildman–Crippen LogP) is 4.71. The minimum absolute atomic E-state index is 0.0332. The average Bonchev–Trinajstić information content (AvgIpc) is 3.01. The average molecular weight is 461 g/mol. The van der Waals surface area contributed by atoms with Crippen LogP contribution in [0.25, 0.3) is 11.1 Å². The summed E-state index contributed by atoms with van der Waals surface area (Å²) in [6.07, 6.45) is -9.10. The molecule has 0 aliphatic heterocycles. The monoisotopic (exact) mass is 461 g/mol. The van der Waals surface area contributed by atoms with Gasteiger partial charge < -0.3 is 9.47 Å². The van der Waals surface area contributed by atoms with Gasteiger partial charge in [0.15, 0.2) is 11.5 Å². The molecule has 0 radical (unpaired) electrons. The number of rotatable bonds is 2. The summed E-state index contributed by atoms with van der Waals surface area (Å²) in [6.45, 7) is 1.11. The van der Waals surface area contributed by atoms with Crippen LogP contribution in [0, 0.1) is 52.4 Å². The number of alkyl halides is 6. The van der Waals surface area contributed by atoms with Crippen molar-refractivity contribution in [2.24, 2.45) is 4.99 Å². The third kappa shape index (κ3) is 3.96. The van der Waals surface area contributed by atoms with Gasteiger partial charge in [-0.05, 0) is 30.2 Å². The molecule has 3 rings (SSSR count). The molecule has 0 spiro atoms. The molecule has 0 bridgehead atoms. The second-order valence-electron chi connectivity index (χ2n) is 6.34. The van der Waals surface area contributed by atoms with Gasteiger partial charge in [-0.3, -0.25) is 0 Å². The van der Waals surface area contributed by atoms with Crippen LogP contribution < -0.4 is 9.47 Å². The first-order valence-electron chi connectivity index (χ1n) is 8.45. The Bertz CT molecular complexity index is 1400. The molecule has 1 aliphatic rings. The van der Waals surface area contributed by atoms with E-state index in [1.165, 1.54) is 24.4 Å². The van der Waals surface area contributed by atoms with Crippen LogP contribution in [0.4, 0.5) is 26.3 Å². The van der Waals surface area contributed by atoms with Gasteiger partial charge in [0.25, 0.3) is 0 Å². The summed E-state index contributed by atoms with van der Waals surface area (Å²) < 4.78 is 85.3. The van der Waals surface area contributed by atoms with Gasteiger partial charge in [-0.15, -0.1) is 26.3 Å². The first kappa shape index (κ1) is 22.9. The number of hydrogen-bond donors (Lipinski definition) is 0. The minimum atomic E-state index is -5.29. The largest absolute Gasteiger partial charge is 0.573 e. The van der Waals surface area contributed by atoms with E-state index in [1.54, 1.807) is 0 Å². The number of nitrogens with zero attached hydrogens (tertiary/aromatic N) is 5. The van der Waals surface area contributed by atoms with E-state index in [0.29, 0.717) is 0 Å². The molecule has 164 valence electrons. The van der Waals surface area contributed by atoms with Crippen LogP contribution in [0.3, 0.4) is 0 Å². The summed E-state index contributed by atoms with van der Waals surface area (Å²) in [5.74, 6) is -2.07. The summed E-state index contributed by atoms with van der Waals surface area (Å²) in [5.41, 5.74) is -3.55.